The summed E-state index contributed by atoms with van der Waals surface area (Å²) >= 11 is 8.46. The van der Waals surface area contributed by atoms with Gasteiger partial charge < -0.3 is 9.15 Å². The second-order valence-corrected chi connectivity index (χ2v) is 10.8. The zero-order chi connectivity index (χ0) is 25.8. The average Bonchev–Trinajstić information content (AvgIpc) is 3.50. The minimum Gasteiger partial charge on any atom is -0.487 e. The van der Waals surface area contributed by atoms with Gasteiger partial charge in [-0.25, -0.2) is 9.38 Å². The van der Waals surface area contributed by atoms with Gasteiger partial charge in [-0.05, 0) is 109 Å². The second kappa shape index (κ2) is 11.5. The van der Waals surface area contributed by atoms with Crippen LogP contribution < -0.4 is 4.74 Å². The molecule has 0 atom stereocenters. The van der Waals surface area contributed by atoms with Crippen molar-refractivity contribution in [2.24, 2.45) is 4.99 Å². The number of aliphatic imine (C=N–C) groups is 1. The Labute approximate surface area is 234 Å². The van der Waals surface area contributed by atoms with Crippen LogP contribution in [-0.4, -0.2) is 16.0 Å². The van der Waals surface area contributed by atoms with Gasteiger partial charge in [0.15, 0.2) is 5.17 Å². The van der Waals surface area contributed by atoms with E-state index < -0.39 is 0 Å². The minimum absolute atomic E-state index is 0.153. The first kappa shape index (κ1) is 25.5. The summed E-state index contributed by atoms with van der Waals surface area (Å²) < 4.78 is 26.0. The maximum atomic E-state index is 13.4. The first-order valence-electron chi connectivity index (χ1n) is 11.2. The van der Waals surface area contributed by atoms with Gasteiger partial charge in [-0.3, -0.25) is 9.69 Å². The first-order valence-corrected chi connectivity index (χ1v) is 13.6. The molecule has 1 aliphatic rings. The first-order chi connectivity index (χ1) is 18.0. The van der Waals surface area contributed by atoms with Crippen LogP contribution in [0.1, 0.15) is 16.9 Å². The lowest BCUT2D eigenvalue weighted by molar-refractivity contribution is -0.122. The minimum atomic E-state index is -0.289. The molecule has 0 radical (unpaired) electrons. The Morgan fingerprint density at radius 3 is 2.41 bits per heavy atom. The summed E-state index contributed by atoms with van der Waals surface area (Å²) in [5.41, 5.74) is 2.42. The molecule has 1 aromatic heterocycles. The average molecular weight is 642 g/mol. The molecule has 0 saturated carbocycles. The molecule has 0 spiro atoms. The number of halogens is 3. The summed E-state index contributed by atoms with van der Waals surface area (Å²) in [6.07, 6.45) is 3.41. The van der Waals surface area contributed by atoms with Gasteiger partial charge in [-0.1, -0.05) is 30.3 Å². The quantitative estimate of drug-likeness (QED) is 0.190. The summed E-state index contributed by atoms with van der Waals surface area (Å²) in [5, 5.41) is 0.580. The molecule has 4 aromatic rings. The molecule has 0 N–H and O–H groups in total. The molecule has 9 heteroatoms. The van der Waals surface area contributed by atoms with Gasteiger partial charge in [-0.15, -0.1) is 0 Å². The van der Waals surface area contributed by atoms with E-state index in [1.165, 1.54) is 23.9 Å². The maximum absolute atomic E-state index is 13.4. The van der Waals surface area contributed by atoms with E-state index in [1.54, 1.807) is 29.4 Å². The third kappa shape index (κ3) is 6.23. The van der Waals surface area contributed by atoms with Crippen LogP contribution >= 0.6 is 43.6 Å². The van der Waals surface area contributed by atoms with E-state index in [9.17, 15) is 9.18 Å². The fourth-order valence-electron chi connectivity index (χ4n) is 3.59. The van der Waals surface area contributed by atoms with Crippen molar-refractivity contribution in [1.29, 1.82) is 0 Å². The standard InChI is InChI=1S/C28H19Br2FN2O3S/c29-23-13-19(14-24(30)26(23)36-17-18-8-10-20(31)11-9-18)15-25-27(34)33(16-22-7-4-12-35-22)28(37-25)32-21-5-2-1-3-6-21/h1-15H,16-17H2/b25-15+,32-28?. The maximum Gasteiger partial charge on any atom is 0.267 e. The van der Waals surface area contributed by atoms with E-state index >= 15 is 0 Å². The summed E-state index contributed by atoms with van der Waals surface area (Å²) in [4.78, 5) is 20.3. The zero-order valence-corrected chi connectivity index (χ0v) is 23.2. The number of nitrogens with zero attached hydrogens (tertiary/aromatic N) is 2. The topological polar surface area (TPSA) is 55.0 Å². The molecule has 3 aromatic carbocycles. The molecule has 1 fully saturated rings. The summed E-state index contributed by atoms with van der Waals surface area (Å²) in [6, 6.07) is 23.1. The van der Waals surface area contributed by atoms with Crippen molar-refractivity contribution in [3.63, 3.8) is 0 Å². The summed E-state index contributed by atoms with van der Waals surface area (Å²) in [6.45, 7) is 0.568. The van der Waals surface area contributed by atoms with Crippen LogP contribution in [0.2, 0.25) is 0 Å². The smallest absolute Gasteiger partial charge is 0.267 e. The van der Waals surface area contributed by atoms with Crippen LogP contribution in [-0.2, 0) is 17.9 Å². The number of carbonyl (C=O) groups excluding carboxylic acids is 1. The van der Waals surface area contributed by atoms with Gasteiger partial charge in [0.1, 0.15) is 23.9 Å². The lowest BCUT2D eigenvalue weighted by Gasteiger charge is -2.13. The van der Waals surface area contributed by atoms with E-state index in [1.807, 2.05) is 54.6 Å². The van der Waals surface area contributed by atoms with Crippen molar-refractivity contribution < 1.29 is 18.3 Å². The van der Waals surface area contributed by atoms with E-state index in [-0.39, 0.29) is 24.9 Å². The van der Waals surface area contributed by atoms with Gasteiger partial charge in [0.05, 0.1) is 32.3 Å². The van der Waals surface area contributed by atoms with Gasteiger partial charge >= 0.3 is 0 Å². The monoisotopic (exact) mass is 640 g/mol. The number of furan rings is 1. The predicted octanol–water partition coefficient (Wildman–Crippen LogP) is 8.33. The van der Waals surface area contributed by atoms with Crippen LogP contribution in [0, 0.1) is 5.82 Å². The van der Waals surface area contributed by atoms with Crippen LogP contribution in [0.15, 0.2) is 108 Å². The van der Waals surface area contributed by atoms with Gasteiger partial charge in [-0.2, -0.15) is 0 Å². The number of carbonyl (C=O) groups is 1. The van der Waals surface area contributed by atoms with Crippen LogP contribution in [0.3, 0.4) is 0 Å². The van der Waals surface area contributed by atoms with E-state index in [2.05, 4.69) is 31.9 Å². The highest BCUT2D eigenvalue weighted by molar-refractivity contribution is 9.11. The highest BCUT2D eigenvalue weighted by Crippen LogP contribution is 2.39. The SMILES string of the molecule is O=C1/C(=C\c2cc(Br)c(OCc3ccc(F)cc3)c(Br)c2)SC(=Nc2ccccc2)N1Cc1ccco1. The molecule has 2 heterocycles. The summed E-state index contributed by atoms with van der Waals surface area (Å²) in [7, 11) is 0. The molecular formula is C28H19Br2FN2O3S. The van der Waals surface area contributed by atoms with E-state index in [0.717, 1.165) is 25.8 Å². The van der Waals surface area contributed by atoms with Crippen molar-refractivity contribution in [3.8, 4) is 5.75 Å². The molecule has 37 heavy (non-hydrogen) atoms. The number of rotatable bonds is 7. The molecule has 5 rings (SSSR count). The number of para-hydroxylation sites is 1. The Kier molecular flexibility index (Phi) is 7.93. The van der Waals surface area contributed by atoms with Crippen molar-refractivity contribution >= 4 is 66.5 Å². The molecule has 0 bridgehead atoms. The lowest BCUT2D eigenvalue weighted by atomic mass is 10.2. The fraction of sp³-hybridized carbons (Fsp3) is 0.0714. The van der Waals surface area contributed by atoms with E-state index in [0.29, 0.717) is 21.6 Å². The van der Waals surface area contributed by atoms with Gasteiger partial charge in [0.2, 0.25) is 0 Å². The highest BCUT2D eigenvalue weighted by atomic mass is 79.9. The van der Waals surface area contributed by atoms with Crippen LogP contribution in [0.5, 0.6) is 5.75 Å². The molecule has 1 amide bonds. The number of ether oxygens (including phenoxy) is 1. The van der Waals surface area contributed by atoms with Crippen molar-refractivity contribution in [2.75, 3.05) is 0 Å². The third-order valence-electron chi connectivity index (χ3n) is 5.38. The normalized spacial score (nSPS) is 15.6. The Bertz CT molecular complexity index is 1450. The number of amidine groups is 1. The molecule has 1 saturated heterocycles. The number of thioether (sulfide) groups is 1. The number of hydrogen-bond donors (Lipinski definition) is 0. The van der Waals surface area contributed by atoms with Crippen molar-refractivity contribution in [3.05, 3.63) is 122 Å². The van der Waals surface area contributed by atoms with Crippen LogP contribution in [0.4, 0.5) is 10.1 Å². The number of hydrogen-bond acceptors (Lipinski definition) is 5. The number of amides is 1. The Morgan fingerprint density at radius 2 is 1.73 bits per heavy atom. The fourth-order valence-corrected chi connectivity index (χ4v) is 6.04. The highest BCUT2D eigenvalue weighted by Gasteiger charge is 2.34. The van der Waals surface area contributed by atoms with Gasteiger partial charge in [0.25, 0.3) is 5.91 Å². The van der Waals surface area contributed by atoms with Crippen molar-refractivity contribution in [1.82, 2.24) is 4.90 Å². The van der Waals surface area contributed by atoms with E-state index in [4.69, 9.17) is 14.1 Å². The Morgan fingerprint density at radius 1 is 1.00 bits per heavy atom. The van der Waals surface area contributed by atoms with Crippen LogP contribution in [0.25, 0.3) is 6.08 Å². The molecular weight excluding hydrogens is 623 g/mol. The Balaban J connectivity index is 1.40. The molecule has 0 unspecified atom stereocenters. The molecule has 186 valence electrons. The molecule has 1 aliphatic heterocycles. The number of benzene rings is 3. The van der Waals surface area contributed by atoms with Gasteiger partial charge in [0, 0.05) is 0 Å². The Hall–Kier alpha value is -3.14. The predicted molar refractivity (Wildman–Crippen MR) is 151 cm³/mol. The second-order valence-electron chi connectivity index (χ2n) is 8.04. The zero-order valence-electron chi connectivity index (χ0n) is 19.2. The molecule has 5 nitrogen and oxygen atoms in total. The summed E-state index contributed by atoms with van der Waals surface area (Å²) in [5.74, 6) is 0.842. The molecule has 0 aliphatic carbocycles. The lowest BCUT2D eigenvalue weighted by Crippen LogP contribution is -2.28. The third-order valence-corrected chi connectivity index (χ3v) is 7.56. The van der Waals surface area contributed by atoms with Crippen molar-refractivity contribution in [2.45, 2.75) is 13.2 Å². The largest absolute Gasteiger partial charge is 0.487 e.